The molecule has 13 heteroatoms. The summed E-state index contributed by atoms with van der Waals surface area (Å²) in [6.07, 6.45) is 12.9. The van der Waals surface area contributed by atoms with Crippen LogP contribution in [-0.2, 0) is 26.8 Å². The normalized spacial score (nSPS) is 15.9. The highest BCUT2D eigenvalue weighted by Gasteiger charge is 2.43. The van der Waals surface area contributed by atoms with Crippen LogP contribution < -0.4 is 20.6 Å². The molecule has 5 aromatic rings. The third-order valence-electron chi connectivity index (χ3n) is 11.8. The van der Waals surface area contributed by atoms with Crippen molar-refractivity contribution in [1.29, 1.82) is 0 Å². The van der Waals surface area contributed by atoms with Crippen molar-refractivity contribution in [3.05, 3.63) is 89.0 Å². The van der Waals surface area contributed by atoms with Crippen LogP contribution in [0, 0.1) is 0 Å². The number of nitrogens with zero attached hydrogens (tertiary/aromatic N) is 6. The summed E-state index contributed by atoms with van der Waals surface area (Å²) in [6.45, 7) is 8.38. The summed E-state index contributed by atoms with van der Waals surface area (Å²) in [7, 11) is 1.69. The van der Waals surface area contributed by atoms with Gasteiger partial charge in [0.05, 0.1) is 17.1 Å². The minimum atomic E-state index is -0.698. The largest absolute Gasteiger partial charge is 0.457 e. The van der Waals surface area contributed by atoms with Gasteiger partial charge in [0.25, 0.3) is 0 Å². The van der Waals surface area contributed by atoms with Crippen molar-refractivity contribution in [2.45, 2.75) is 113 Å². The Hall–Kier alpha value is -5.27. The molecular formula is C46H55N7O5S. The van der Waals surface area contributed by atoms with Crippen LogP contribution in [0.15, 0.2) is 82.6 Å². The van der Waals surface area contributed by atoms with Gasteiger partial charge in [-0.2, -0.15) is 4.98 Å². The first-order valence-corrected chi connectivity index (χ1v) is 21.7. The number of hydrogen-bond acceptors (Lipinski definition) is 10. The smallest absolute Gasteiger partial charge is 0.329 e. The first-order valence-electron chi connectivity index (χ1n) is 21.0. The Bertz CT molecular complexity index is 2310. The van der Waals surface area contributed by atoms with Crippen molar-refractivity contribution < 1.29 is 19.1 Å². The molecular weight excluding hydrogens is 763 g/mol. The maximum absolute atomic E-state index is 13.1. The first-order chi connectivity index (χ1) is 28.7. The van der Waals surface area contributed by atoms with E-state index in [1.54, 1.807) is 19.0 Å². The zero-order valence-corrected chi connectivity index (χ0v) is 35.3. The fourth-order valence-electron chi connectivity index (χ4n) is 8.15. The number of anilines is 2. The summed E-state index contributed by atoms with van der Waals surface area (Å²) in [4.78, 5) is 61.2. The number of hydrogen-bond donors (Lipinski definition) is 1. The average Bonchev–Trinajstić information content (AvgIpc) is 3.95. The molecule has 7 rings (SSSR count). The Morgan fingerprint density at radius 2 is 1.66 bits per heavy atom. The predicted octanol–water partition coefficient (Wildman–Crippen LogP) is 8.88. The van der Waals surface area contributed by atoms with Gasteiger partial charge in [0.15, 0.2) is 0 Å². The third-order valence-corrected chi connectivity index (χ3v) is 12.9. The summed E-state index contributed by atoms with van der Waals surface area (Å²) < 4.78 is 11.7. The fraction of sp³-hybridized carbons (Fsp3) is 0.435. The fourth-order valence-corrected chi connectivity index (χ4v) is 9.15. The minimum absolute atomic E-state index is 0.0352. The van der Waals surface area contributed by atoms with Crippen LogP contribution in [-0.4, -0.2) is 67.6 Å². The van der Waals surface area contributed by atoms with Crippen molar-refractivity contribution in [3.8, 4) is 22.6 Å². The zero-order valence-electron chi connectivity index (χ0n) is 34.5. The van der Waals surface area contributed by atoms with Crippen LogP contribution >= 0.6 is 11.9 Å². The predicted molar refractivity (Wildman–Crippen MR) is 234 cm³/mol. The van der Waals surface area contributed by atoms with Gasteiger partial charge in [-0.05, 0) is 116 Å². The lowest BCUT2D eigenvalue weighted by Gasteiger charge is -2.32. The summed E-state index contributed by atoms with van der Waals surface area (Å²) in [5.41, 5.74) is 4.08. The highest BCUT2D eigenvalue weighted by molar-refractivity contribution is 7.97. The number of benzene rings is 3. The zero-order chi connectivity index (χ0) is 41.5. The molecule has 1 aliphatic heterocycles. The number of aromatic nitrogens is 4. The van der Waals surface area contributed by atoms with Crippen molar-refractivity contribution in [2.75, 3.05) is 23.3 Å². The van der Waals surface area contributed by atoms with E-state index in [2.05, 4.69) is 42.5 Å². The van der Waals surface area contributed by atoms with Gasteiger partial charge >= 0.3 is 5.69 Å². The van der Waals surface area contributed by atoms with E-state index in [0.717, 1.165) is 117 Å². The van der Waals surface area contributed by atoms with Crippen LogP contribution in [0.2, 0.25) is 0 Å². The number of carbonyl (C=O) groups is 3. The molecule has 2 aliphatic rings. The molecule has 0 spiro atoms. The van der Waals surface area contributed by atoms with Gasteiger partial charge in [-0.3, -0.25) is 18.8 Å². The number of rotatable bonds is 20. The molecule has 2 aromatic heterocycles. The van der Waals surface area contributed by atoms with E-state index in [1.807, 2.05) is 65.7 Å². The van der Waals surface area contributed by atoms with Gasteiger partial charge in [0.2, 0.25) is 12.4 Å². The lowest BCUT2D eigenvalue weighted by atomic mass is 9.98. The number of amides is 1. The number of carbonyl (C=O) groups excluding carboxylic acids is 3. The summed E-state index contributed by atoms with van der Waals surface area (Å²) in [5.74, 6) is 2.82. The summed E-state index contributed by atoms with van der Waals surface area (Å²) in [5, 5.41) is 3.61. The van der Waals surface area contributed by atoms with E-state index < -0.39 is 6.04 Å². The number of piperidine rings is 1. The Labute approximate surface area is 350 Å². The molecule has 59 heavy (non-hydrogen) atoms. The van der Waals surface area contributed by atoms with E-state index in [4.69, 9.17) is 14.7 Å². The van der Waals surface area contributed by atoms with Crippen LogP contribution in [0.4, 0.5) is 11.8 Å². The molecule has 1 saturated heterocycles. The molecule has 1 unspecified atom stereocenters. The molecule has 3 heterocycles. The van der Waals surface area contributed by atoms with Crippen LogP contribution in [0.1, 0.15) is 96.6 Å². The number of nitrogens with one attached hydrogen (secondary N) is 1. The van der Waals surface area contributed by atoms with Crippen LogP contribution in [0.25, 0.3) is 22.2 Å². The third kappa shape index (κ3) is 9.47. The maximum atomic E-state index is 13.1. The van der Waals surface area contributed by atoms with Crippen molar-refractivity contribution in [3.63, 3.8) is 0 Å². The van der Waals surface area contributed by atoms with E-state index in [9.17, 15) is 19.2 Å². The van der Waals surface area contributed by atoms with Crippen LogP contribution in [0.5, 0.6) is 11.5 Å². The summed E-state index contributed by atoms with van der Waals surface area (Å²) >= 11 is 1.73. The Kier molecular flexibility index (Phi) is 13.3. The van der Waals surface area contributed by atoms with Crippen LogP contribution in [0.3, 0.4) is 0 Å². The lowest BCUT2D eigenvalue weighted by molar-refractivity contribution is -0.111. The van der Waals surface area contributed by atoms with Gasteiger partial charge in [-0.15, -0.1) is 0 Å². The monoisotopic (exact) mass is 817 g/mol. The number of ether oxygens (including phenoxy) is 1. The molecule has 12 nitrogen and oxygen atoms in total. The van der Waals surface area contributed by atoms with E-state index >= 15 is 0 Å². The van der Waals surface area contributed by atoms with Gasteiger partial charge < -0.3 is 19.6 Å². The van der Waals surface area contributed by atoms with E-state index in [-0.39, 0.29) is 36.0 Å². The second-order valence-electron chi connectivity index (χ2n) is 16.1. The second kappa shape index (κ2) is 18.8. The number of aldehydes is 2. The number of aryl methyl sites for hydroxylation is 1. The Balaban J connectivity index is 0.956. The molecule has 310 valence electrons. The second-order valence-corrected chi connectivity index (χ2v) is 17.3. The van der Waals surface area contributed by atoms with Crippen molar-refractivity contribution in [2.24, 2.45) is 7.05 Å². The first kappa shape index (κ1) is 41.9. The molecule has 1 N–H and O–H groups in total. The molecule has 0 radical (unpaired) electrons. The van der Waals surface area contributed by atoms with Gasteiger partial charge in [0, 0.05) is 55.3 Å². The van der Waals surface area contributed by atoms with Crippen molar-refractivity contribution in [1.82, 2.24) is 23.4 Å². The highest BCUT2D eigenvalue weighted by atomic mass is 32.2. The maximum Gasteiger partial charge on any atom is 0.329 e. The standard InChI is InChI=1S/C46H55N7O5S/c1-5-9-35(10-6-2)52(31-56)43-40(46(3)22-23-46)29-47-44(49-43)48-34-20-24-51(25-21-34)59-39-13-7-12-38(28-39)58-37-17-14-32(15-18-37)33-16-19-41-42(27-33)50(4)45(57)53(41)36(30-55)11-8-26-54/h7,12-19,26-31,34-36H,5-6,8-11,20-25H2,1-4H3,(H,47,48,49). The van der Waals surface area contributed by atoms with E-state index in [0.29, 0.717) is 22.7 Å². The SMILES string of the molecule is CCCC(CCC)N(C=O)c1nc(NC2CCN(Sc3cccc(Oc4ccc(-c5ccc6c(c5)n(C)c(=O)n6C(C=O)CCC=O)cc4)c3)CC2)ncc1C1(C)CC1. The van der Waals surface area contributed by atoms with Crippen molar-refractivity contribution >= 4 is 53.7 Å². The molecule has 1 atom stereocenters. The van der Waals surface area contributed by atoms with Gasteiger partial charge in [0.1, 0.15) is 29.9 Å². The Morgan fingerprint density at radius 1 is 0.932 bits per heavy atom. The van der Waals surface area contributed by atoms with E-state index in [1.165, 1.54) is 9.13 Å². The summed E-state index contributed by atoms with van der Waals surface area (Å²) in [6, 6.07) is 21.4. The molecule has 2 fully saturated rings. The minimum Gasteiger partial charge on any atom is -0.457 e. The number of imidazole rings is 1. The molecule has 1 aliphatic carbocycles. The quantitative estimate of drug-likeness (QED) is 0.0600. The topological polar surface area (TPSA) is 132 Å². The Morgan fingerprint density at radius 3 is 2.32 bits per heavy atom. The molecule has 0 bridgehead atoms. The molecule has 3 aromatic carbocycles. The molecule has 1 amide bonds. The molecule has 1 saturated carbocycles. The van der Waals surface area contributed by atoms with Gasteiger partial charge in [-0.25, -0.2) is 14.1 Å². The average molecular weight is 818 g/mol. The lowest BCUT2D eigenvalue weighted by Crippen LogP contribution is -2.37. The number of fused-ring (bicyclic) bond motifs is 1. The highest BCUT2D eigenvalue weighted by Crippen LogP contribution is 2.50. The van der Waals surface area contributed by atoms with Gasteiger partial charge in [-0.1, -0.05) is 57.9 Å².